The first-order valence-corrected chi connectivity index (χ1v) is 13.0. The summed E-state index contributed by atoms with van der Waals surface area (Å²) in [5, 5.41) is 0. The lowest BCUT2D eigenvalue weighted by atomic mass is 10.1. The monoisotopic (exact) mass is 473 g/mol. The summed E-state index contributed by atoms with van der Waals surface area (Å²) in [5.41, 5.74) is 1.35. The Hall–Kier alpha value is -2.33. The minimum absolute atomic E-state index is 0.0134. The van der Waals surface area contributed by atoms with Crippen molar-refractivity contribution in [3.63, 3.8) is 0 Å². The third kappa shape index (κ3) is 4.56. The van der Waals surface area contributed by atoms with Crippen LogP contribution in [0.1, 0.15) is 36.5 Å². The van der Waals surface area contributed by atoms with Crippen LogP contribution >= 0.6 is 11.3 Å². The van der Waals surface area contributed by atoms with Crippen molar-refractivity contribution in [3.8, 4) is 0 Å². The number of carbonyl (C=O) groups excluding carboxylic acids is 1. The van der Waals surface area contributed by atoms with Crippen molar-refractivity contribution in [1.82, 2.24) is 8.87 Å². The summed E-state index contributed by atoms with van der Waals surface area (Å²) >= 11 is 1.44. The lowest BCUT2D eigenvalue weighted by Gasteiger charge is -2.32. The first-order chi connectivity index (χ1) is 15.4. The summed E-state index contributed by atoms with van der Waals surface area (Å²) in [6.45, 7) is 3.56. The number of ether oxygens (including phenoxy) is 1. The van der Waals surface area contributed by atoms with Crippen LogP contribution in [-0.4, -0.2) is 49.5 Å². The molecule has 9 heteroatoms. The van der Waals surface area contributed by atoms with Crippen LogP contribution in [0.5, 0.6) is 0 Å². The molecule has 1 aromatic heterocycles. The third-order valence-corrected chi connectivity index (χ3v) is 8.84. The predicted molar refractivity (Wildman–Crippen MR) is 125 cm³/mol. The molecular weight excluding hydrogens is 446 g/mol. The second kappa shape index (κ2) is 9.66. The molecule has 1 aliphatic heterocycles. The van der Waals surface area contributed by atoms with E-state index in [1.165, 1.54) is 23.5 Å². The molecule has 4 rings (SSSR count). The van der Waals surface area contributed by atoms with E-state index in [1.54, 1.807) is 23.5 Å². The summed E-state index contributed by atoms with van der Waals surface area (Å²) in [7, 11) is -1.94. The van der Waals surface area contributed by atoms with E-state index in [-0.39, 0.29) is 10.9 Å². The van der Waals surface area contributed by atoms with Gasteiger partial charge < -0.3 is 9.30 Å². The van der Waals surface area contributed by atoms with Gasteiger partial charge in [-0.25, -0.2) is 8.42 Å². The maximum absolute atomic E-state index is 13.0. The summed E-state index contributed by atoms with van der Waals surface area (Å²) in [5.74, 6) is -0.405. The van der Waals surface area contributed by atoms with E-state index in [4.69, 9.17) is 4.74 Å². The maximum Gasteiger partial charge on any atom is 0.279 e. The molecule has 0 bridgehead atoms. The summed E-state index contributed by atoms with van der Waals surface area (Å²) < 4.78 is 35.8. The number of hydrogen-bond donors (Lipinski definition) is 0. The number of para-hydroxylation sites is 1. The van der Waals surface area contributed by atoms with E-state index >= 15 is 0 Å². The Morgan fingerprint density at radius 3 is 2.62 bits per heavy atom. The van der Waals surface area contributed by atoms with Gasteiger partial charge in [0.15, 0.2) is 4.80 Å². The molecule has 2 heterocycles. The van der Waals surface area contributed by atoms with E-state index < -0.39 is 15.9 Å². The molecule has 2 aromatic carbocycles. The fourth-order valence-electron chi connectivity index (χ4n) is 3.99. The van der Waals surface area contributed by atoms with Crippen molar-refractivity contribution in [1.29, 1.82) is 0 Å². The number of fused-ring (bicyclic) bond motifs is 1. The van der Waals surface area contributed by atoms with E-state index in [2.05, 4.69) is 4.99 Å². The summed E-state index contributed by atoms with van der Waals surface area (Å²) in [6.07, 6.45) is 2.79. The zero-order chi connectivity index (χ0) is 22.7. The van der Waals surface area contributed by atoms with Gasteiger partial charge in [0.1, 0.15) is 0 Å². The number of benzene rings is 2. The Bertz CT molecular complexity index is 1280. The molecule has 0 saturated carbocycles. The SMILES string of the molecule is COCCn1c(=NC(=O)c2ccc(S(=O)(=O)N3CCCCC3C)cc2)sc2ccccc21. The second-order valence-corrected chi connectivity index (χ2v) is 10.8. The Morgan fingerprint density at radius 1 is 1.16 bits per heavy atom. The van der Waals surface area contributed by atoms with Gasteiger partial charge in [-0.3, -0.25) is 4.79 Å². The van der Waals surface area contributed by atoms with Crippen molar-refractivity contribution in [2.75, 3.05) is 20.3 Å². The first-order valence-electron chi connectivity index (χ1n) is 10.7. The molecule has 0 radical (unpaired) electrons. The van der Waals surface area contributed by atoms with Gasteiger partial charge in [0.25, 0.3) is 5.91 Å². The second-order valence-electron chi connectivity index (χ2n) is 7.90. The molecule has 32 heavy (non-hydrogen) atoms. The number of nitrogens with zero attached hydrogens (tertiary/aromatic N) is 3. The van der Waals surface area contributed by atoms with Crippen LogP contribution in [0.4, 0.5) is 0 Å². The van der Waals surface area contributed by atoms with E-state index in [0.29, 0.717) is 30.1 Å². The minimum Gasteiger partial charge on any atom is -0.383 e. The normalized spacial score (nSPS) is 18.3. The maximum atomic E-state index is 13.0. The zero-order valence-electron chi connectivity index (χ0n) is 18.2. The molecule has 1 saturated heterocycles. The molecule has 1 amide bonds. The lowest BCUT2D eigenvalue weighted by Crippen LogP contribution is -2.41. The topological polar surface area (TPSA) is 81.0 Å². The number of sulfonamides is 1. The molecule has 1 fully saturated rings. The van der Waals surface area contributed by atoms with E-state index in [0.717, 1.165) is 29.5 Å². The Labute approximate surface area is 192 Å². The molecule has 0 N–H and O–H groups in total. The van der Waals surface area contributed by atoms with Gasteiger partial charge in [0, 0.05) is 31.8 Å². The fraction of sp³-hybridized carbons (Fsp3) is 0.391. The van der Waals surface area contributed by atoms with Crippen molar-refractivity contribution >= 4 is 37.5 Å². The molecule has 3 aromatic rings. The third-order valence-electron chi connectivity index (χ3n) is 5.75. The average Bonchev–Trinajstić information content (AvgIpc) is 3.14. The van der Waals surface area contributed by atoms with Crippen LogP contribution in [0.15, 0.2) is 58.4 Å². The standard InChI is InChI=1S/C23H27N3O4S2/c1-17-7-5-6-14-26(17)32(28,29)19-12-10-18(11-13-19)22(27)24-23-25(15-16-30-2)20-8-3-4-9-21(20)31-23/h3-4,8-13,17H,5-7,14-16H2,1-2H3. The van der Waals surface area contributed by atoms with Gasteiger partial charge in [-0.2, -0.15) is 9.30 Å². The van der Waals surface area contributed by atoms with Gasteiger partial charge >= 0.3 is 0 Å². The highest BCUT2D eigenvalue weighted by Gasteiger charge is 2.30. The average molecular weight is 474 g/mol. The molecule has 1 unspecified atom stereocenters. The van der Waals surface area contributed by atoms with Crippen molar-refractivity contribution in [3.05, 3.63) is 58.9 Å². The van der Waals surface area contributed by atoms with Crippen molar-refractivity contribution in [2.45, 2.75) is 43.7 Å². The number of hydrogen-bond acceptors (Lipinski definition) is 5. The van der Waals surface area contributed by atoms with Gasteiger partial charge in [0.2, 0.25) is 10.0 Å². The highest BCUT2D eigenvalue weighted by atomic mass is 32.2. The van der Waals surface area contributed by atoms with Gasteiger partial charge in [0.05, 0.1) is 21.7 Å². The smallest absolute Gasteiger partial charge is 0.279 e. The van der Waals surface area contributed by atoms with E-state index in [1.807, 2.05) is 35.8 Å². The quantitative estimate of drug-likeness (QED) is 0.547. The largest absolute Gasteiger partial charge is 0.383 e. The minimum atomic E-state index is -3.57. The number of aromatic nitrogens is 1. The fourth-order valence-corrected chi connectivity index (χ4v) is 6.74. The molecule has 0 spiro atoms. The van der Waals surface area contributed by atoms with Crippen LogP contribution < -0.4 is 4.80 Å². The van der Waals surface area contributed by atoms with Crippen molar-refractivity contribution in [2.24, 2.45) is 4.99 Å². The van der Waals surface area contributed by atoms with Gasteiger partial charge in [-0.1, -0.05) is 29.9 Å². The molecule has 7 nitrogen and oxygen atoms in total. The van der Waals surface area contributed by atoms with Gasteiger partial charge in [-0.15, -0.1) is 0 Å². The Kier molecular flexibility index (Phi) is 6.90. The lowest BCUT2D eigenvalue weighted by molar-refractivity contribution is 0.0997. The number of carbonyl (C=O) groups is 1. The Balaban J connectivity index is 1.63. The van der Waals surface area contributed by atoms with E-state index in [9.17, 15) is 13.2 Å². The highest BCUT2D eigenvalue weighted by Crippen LogP contribution is 2.25. The molecule has 1 atom stereocenters. The highest BCUT2D eigenvalue weighted by molar-refractivity contribution is 7.89. The number of methoxy groups -OCH3 is 1. The zero-order valence-corrected chi connectivity index (χ0v) is 19.9. The van der Waals surface area contributed by atoms with Crippen LogP contribution in [0.3, 0.4) is 0 Å². The molecule has 1 aliphatic rings. The van der Waals surface area contributed by atoms with Crippen LogP contribution in [0, 0.1) is 0 Å². The van der Waals surface area contributed by atoms with Crippen molar-refractivity contribution < 1.29 is 17.9 Å². The molecule has 170 valence electrons. The number of piperidine rings is 1. The van der Waals surface area contributed by atoms with Gasteiger partial charge in [-0.05, 0) is 56.2 Å². The van der Waals surface area contributed by atoms with Crippen LogP contribution in [0.2, 0.25) is 0 Å². The predicted octanol–water partition coefficient (Wildman–Crippen LogP) is 3.65. The van der Waals surface area contributed by atoms with Crippen LogP contribution in [-0.2, 0) is 21.3 Å². The first kappa shape index (κ1) is 22.8. The Morgan fingerprint density at radius 2 is 1.91 bits per heavy atom. The number of rotatable bonds is 6. The number of thiazole rings is 1. The summed E-state index contributed by atoms with van der Waals surface area (Å²) in [6, 6.07) is 14.0. The van der Waals surface area contributed by atoms with Crippen LogP contribution in [0.25, 0.3) is 10.2 Å². The molecule has 0 aliphatic carbocycles. The molecular formula is C23H27N3O4S2. The summed E-state index contributed by atoms with van der Waals surface area (Å²) in [4.78, 5) is 18.0. The number of amides is 1.